The van der Waals surface area contributed by atoms with Crippen molar-refractivity contribution in [3.8, 4) is 5.75 Å². The second kappa shape index (κ2) is 11.2. The molecule has 9 nitrogen and oxygen atoms in total. The molecule has 4 rings (SSSR count). The Balaban J connectivity index is 1.49. The van der Waals surface area contributed by atoms with E-state index in [1.54, 1.807) is 27.9 Å². The molecule has 0 aliphatic carbocycles. The van der Waals surface area contributed by atoms with Gasteiger partial charge in [-0.3, -0.25) is 14.3 Å². The van der Waals surface area contributed by atoms with Gasteiger partial charge in [-0.2, -0.15) is 5.10 Å². The van der Waals surface area contributed by atoms with Crippen LogP contribution in [0, 0.1) is 5.82 Å². The van der Waals surface area contributed by atoms with E-state index in [1.165, 1.54) is 29.9 Å². The van der Waals surface area contributed by atoms with E-state index in [2.05, 4.69) is 5.10 Å². The Kier molecular flexibility index (Phi) is 7.82. The number of hydrogen-bond acceptors (Lipinski definition) is 6. The standard InChI is InChI=1S/C26H29FN4O5/c1-29-17-19(16-28-29)4-3-13-36-22-15-24(33)31-12-11-30(10-9-21(31)25(22)26(34)35-2)23(32)14-18-5-7-20(27)8-6-18/h5-8,15-17H,3-4,9-14H2,1-2H3. The molecule has 0 atom stereocenters. The van der Waals surface area contributed by atoms with Crippen molar-refractivity contribution in [1.82, 2.24) is 19.2 Å². The Hall–Kier alpha value is -3.95. The van der Waals surface area contributed by atoms with Crippen LogP contribution in [0.3, 0.4) is 0 Å². The second-order valence-corrected chi connectivity index (χ2v) is 8.72. The lowest BCUT2D eigenvalue weighted by atomic mass is 10.1. The fraction of sp³-hybridized carbons (Fsp3) is 0.385. The van der Waals surface area contributed by atoms with E-state index in [-0.39, 0.29) is 41.6 Å². The minimum Gasteiger partial charge on any atom is -0.492 e. The van der Waals surface area contributed by atoms with Gasteiger partial charge in [0.25, 0.3) is 5.56 Å². The molecule has 1 aromatic carbocycles. The summed E-state index contributed by atoms with van der Waals surface area (Å²) in [6, 6.07) is 7.12. The molecule has 0 spiro atoms. The smallest absolute Gasteiger partial charge is 0.343 e. The van der Waals surface area contributed by atoms with Gasteiger partial charge in [0, 0.05) is 51.1 Å². The van der Waals surface area contributed by atoms with Gasteiger partial charge < -0.3 is 18.9 Å². The summed E-state index contributed by atoms with van der Waals surface area (Å²) >= 11 is 0. The van der Waals surface area contributed by atoms with Crippen molar-refractivity contribution in [1.29, 1.82) is 0 Å². The third-order valence-electron chi connectivity index (χ3n) is 6.23. The molecule has 2 aromatic heterocycles. The first-order chi connectivity index (χ1) is 17.4. The molecule has 36 heavy (non-hydrogen) atoms. The van der Waals surface area contributed by atoms with E-state index < -0.39 is 5.97 Å². The number of pyridine rings is 1. The zero-order valence-electron chi connectivity index (χ0n) is 20.4. The lowest BCUT2D eigenvalue weighted by molar-refractivity contribution is -0.130. The molecular formula is C26H29FN4O5. The summed E-state index contributed by atoms with van der Waals surface area (Å²) in [6.07, 6.45) is 5.56. The Labute approximate surface area is 208 Å². The van der Waals surface area contributed by atoms with Crippen LogP contribution in [0.2, 0.25) is 0 Å². The van der Waals surface area contributed by atoms with Crippen molar-refractivity contribution in [2.24, 2.45) is 7.05 Å². The number of aromatic nitrogens is 3. The highest BCUT2D eigenvalue weighted by Gasteiger charge is 2.27. The summed E-state index contributed by atoms with van der Waals surface area (Å²) in [5.74, 6) is -0.891. The highest BCUT2D eigenvalue weighted by Crippen LogP contribution is 2.24. The van der Waals surface area contributed by atoms with Gasteiger partial charge in [0.05, 0.1) is 26.3 Å². The average Bonchev–Trinajstić information content (AvgIpc) is 3.14. The van der Waals surface area contributed by atoms with Crippen LogP contribution in [0.15, 0.2) is 47.5 Å². The first-order valence-electron chi connectivity index (χ1n) is 11.8. The van der Waals surface area contributed by atoms with Crippen LogP contribution in [-0.2, 0) is 42.4 Å². The summed E-state index contributed by atoms with van der Waals surface area (Å²) in [5, 5.41) is 4.14. The third-order valence-corrected chi connectivity index (χ3v) is 6.23. The summed E-state index contributed by atoms with van der Waals surface area (Å²) in [5.41, 5.74) is 2.19. The fourth-order valence-electron chi connectivity index (χ4n) is 4.38. The highest BCUT2D eigenvalue weighted by atomic mass is 19.1. The highest BCUT2D eigenvalue weighted by molar-refractivity contribution is 5.93. The van der Waals surface area contributed by atoms with Crippen LogP contribution < -0.4 is 10.3 Å². The number of carbonyl (C=O) groups excluding carboxylic acids is 2. The van der Waals surface area contributed by atoms with Gasteiger partial charge in [0.1, 0.15) is 17.1 Å². The first kappa shape index (κ1) is 25.2. The van der Waals surface area contributed by atoms with Gasteiger partial charge in [-0.25, -0.2) is 9.18 Å². The number of aryl methyl sites for hydroxylation is 2. The van der Waals surface area contributed by atoms with Gasteiger partial charge in [-0.1, -0.05) is 12.1 Å². The molecule has 1 amide bonds. The van der Waals surface area contributed by atoms with Crippen LogP contribution in [0.4, 0.5) is 4.39 Å². The molecule has 0 saturated carbocycles. The van der Waals surface area contributed by atoms with Crippen molar-refractivity contribution in [2.75, 3.05) is 26.8 Å². The van der Waals surface area contributed by atoms with Gasteiger partial charge in [0.2, 0.25) is 5.91 Å². The molecule has 0 bridgehead atoms. The topological polar surface area (TPSA) is 95.7 Å². The molecule has 190 valence electrons. The lowest BCUT2D eigenvalue weighted by Gasteiger charge is -2.20. The predicted molar refractivity (Wildman–Crippen MR) is 129 cm³/mol. The molecule has 0 saturated heterocycles. The fourth-order valence-corrected chi connectivity index (χ4v) is 4.38. The number of halogens is 1. The number of methoxy groups -OCH3 is 1. The number of amides is 1. The van der Waals surface area contributed by atoms with Crippen LogP contribution in [0.25, 0.3) is 0 Å². The zero-order chi connectivity index (χ0) is 25.7. The van der Waals surface area contributed by atoms with Crippen molar-refractivity contribution in [3.05, 3.63) is 81.3 Å². The molecule has 1 aliphatic heterocycles. The van der Waals surface area contributed by atoms with Crippen molar-refractivity contribution in [2.45, 2.75) is 32.2 Å². The summed E-state index contributed by atoms with van der Waals surface area (Å²) in [6.45, 7) is 1.20. The van der Waals surface area contributed by atoms with Gasteiger partial charge in [-0.05, 0) is 36.1 Å². The molecule has 3 heterocycles. The van der Waals surface area contributed by atoms with Crippen LogP contribution in [-0.4, -0.2) is 57.9 Å². The molecule has 0 unspecified atom stereocenters. The molecule has 0 N–H and O–H groups in total. The normalized spacial score (nSPS) is 13.1. The number of rotatable bonds is 8. The molecule has 3 aromatic rings. The average molecular weight is 497 g/mol. The summed E-state index contributed by atoms with van der Waals surface area (Å²) in [7, 11) is 3.13. The maximum Gasteiger partial charge on any atom is 0.343 e. The number of fused-ring (bicyclic) bond motifs is 1. The largest absolute Gasteiger partial charge is 0.492 e. The maximum absolute atomic E-state index is 13.2. The quantitative estimate of drug-likeness (QED) is 0.350. The number of nitrogens with zero attached hydrogens (tertiary/aromatic N) is 4. The minimum absolute atomic E-state index is 0.126. The minimum atomic E-state index is -0.591. The summed E-state index contributed by atoms with van der Waals surface area (Å²) in [4.78, 5) is 40.2. The Morgan fingerprint density at radius 1 is 1.11 bits per heavy atom. The van der Waals surface area contributed by atoms with Crippen molar-refractivity contribution in [3.63, 3.8) is 0 Å². The Morgan fingerprint density at radius 3 is 2.58 bits per heavy atom. The van der Waals surface area contributed by atoms with Crippen LogP contribution >= 0.6 is 0 Å². The van der Waals surface area contributed by atoms with Crippen LogP contribution in [0.5, 0.6) is 5.75 Å². The zero-order valence-corrected chi connectivity index (χ0v) is 20.4. The molecule has 1 aliphatic rings. The van der Waals surface area contributed by atoms with E-state index in [0.29, 0.717) is 43.8 Å². The van der Waals surface area contributed by atoms with Crippen molar-refractivity contribution < 1.29 is 23.5 Å². The molecular weight excluding hydrogens is 467 g/mol. The Bertz CT molecular complexity index is 1300. The molecule has 0 fully saturated rings. The number of benzene rings is 1. The van der Waals surface area contributed by atoms with E-state index in [9.17, 15) is 18.8 Å². The van der Waals surface area contributed by atoms with E-state index in [1.807, 2.05) is 13.2 Å². The predicted octanol–water partition coefficient (Wildman–Crippen LogP) is 2.15. The van der Waals surface area contributed by atoms with E-state index >= 15 is 0 Å². The number of carbonyl (C=O) groups is 2. The summed E-state index contributed by atoms with van der Waals surface area (Å²) < 4.78 is 27.3. The first-order valence-corrected chi connectivity index (χ1v) is 11.8. The molecule has 0 radical (unpaired) electrons. The maximum atomic E-state index is 13.2. The number of esters is 1. The van der Waals surface area contributed by atoms with Gasteiger partial charge in [0.15, 0.2) is 0 Å². The Morgan fingerprint density at radius 2 is 1.89 bits per heavy atom. The number of hydrogen-bond donors (Lipinski definition) is 0. The molecule has 10 heteroatoms. The van der Waals surface area contributed by atoms with E-state index in [0.717, 1.165) is 12.0 Å². The third kappa shape index (κ3) is 5.81. The van der Waals surface area contributed by atoms with Crippen molar-refractivity contribution >= 4 is 11.9 Å². The lowest BCUT2D eigenvalue weighted by Crippen LogP contribution is -2.35. The van der Waals surface area contributed by atoms with Gasteiger partial charge in [-0.15, -0.1) is 0 Å². The number of ether oxygens (including phenoxy) is 2. The van der Waals surface area contributed by atoms with Crippen LogP contribution in [0.1, 0.15) is 33.6 Å². The second-order valence-electron chi connectivity index (χ2n) is 8.72. The van der Waals surface area contributed by atoms with Gasteiger partial charge >= 0.3 is 5.97 Å². The van der Waals surface area contributed by atoms with E-state index in [4.69, 9.17) is 9.47 Å². The SMILES string of the molecule is COC(=O)c1c(OCCCc2cnn(C)c2)cc(=O)n2c1CCN(C(=O)Cc1ccc(F)cc1)CC2. The monoisotopic (exact) mass is 496 g/mol.